The molecule has 0 aliphatic heterocycles. The van der Waals surface area contributed by atoms with Gasteiger partial charge in [0.1, 0.15) is 0 Å². The van der Waals surface area contributed by atoms with E-state index in [9.17, 15) is 0 Å². The second-order valence-corrected chi connectivity index (χ2v) is 7.78. The largest absolute Gasteiger partial charge is 0.395 e. The summed E-state index contributed by atoms with van der Waals surface area (Å²) in [5.74, 6) is 0.769. The van der Waals surface area contributed by atoms with E-state index in [4.69, 9.17) is 8.85 Å². The van der Waals surface area contributed by atoms with E-state index < -0.39 is 8.56 Å². The van der Waals surface area contributed by atoms with Crippen LogP contribution in [-0.2, 0) is 8.85 Å². The van der Waals surface area contributed by atoms with E-state index >= 15 is 0 Å². The van der Waals surface area contributed by atoms with Gasteiger partial charge in [-0.2, -0.15) is 0 Å². The smallest absolute Gasteiger partial charge is 0.331 e. The van der Waals surface area contributed by atoms with Crippen molar-refractivity contribution in [3.8, 4) is 0 Å². The zero-order valence-corrected chi connectivity index (χ0v) is 11.4. The van der Waals surface area contributed by atoms with Gasteiger partial charge in [0, 0.05) is 13.2 Å². The lowest BCUT2D eigenvalue weighted by molar-refractivity contribution is 0.169. The third-order valence-electron chi connectivity index (χ3n) is 2.41. The van der Waals surface area contributed by atoms with Gasteiger partial charge in [-0.15, -0.1) is 0 Å². The van der Waals surface area contributed by atoms with Gasteiger partial charge in [-0.1, -0.05) is 27.2 Å². The van der Waals surface area contributed by atoms with Crippen LogP contribution in [0.25, 0.3) is 0 Å². The quantitative estimate of drug-likeness (QED) is 0.580. The van der Waals surface area contributed by atoms with E-state index in [1.54, 1.807) is 0 Å². The lowest BCUT2D eigenvalue weighted by atomic mass is 10.1. The molecule has 2 nitrogen and oxygen atoms in total. The Hall–Kier alpha value is 0.137. The van der Waals surface area contributed by atoms with Gasteiger partial charge >= 0.3 is 8.56 Å². The van der Waals surface area contributed by atoms with E-state index in [2.05, 4.69) is 33.9 Å². The summed E-state index contributed by atoms with van der Waals surface area (Å²) in [5, 5.41) is 0. The summed E-state index contributed by atoms with van der Waals surface area (Å²) in [7, 11) is -1.80. The molecule has 0 fully saturated rings. The van der Waals surface area contributed by atoms with Gasteiger partial charge in [0.15, 0.2) is 0 Å². The van der Waals surface area contributed by atoms with Crippen molar-refractivity contribution < 1.29 is 8.85 Å². The first-order chi connectivity index (χ1) is 6.52. The maximum Gasteiger partial charge on any atom is 0.331 e. The lowest BCUT2D eigenvalue weighted by Crippen LogP contribution is -2.35. The van der Waals surface area contributed by atoms with Crippen LogP contribution in [-0.4, -0.2) is 21.8 Å². The van der Waals surface area contributed by atoms with Crippen LogP contribution >= 0.6 is 0 Å². The van der Waals surface area contributed by atoms with Gasteiger partial charge in [-0.3, -0.25) is 0 Å². The number of hydrogen-bond acceptors (Lipinski definition) is 2. The first-order valence-corrected chi connectivity index (χ1v) is 8.61. The van der Waals surface area contributed by atoms with Crippen LogP contribution in [0.1, 0.15) is 40.0 Å². The highest BCUT2D eigenvalue weighted by atomic mass is 28.4. The summed E-state index contributed by atoms with van der Waals surface area (Å²) in [4.78, 5) is 0. The molecule has 0 aliphatic carbocycles. The van der Waals surface area contributed by atoms with Crippen molar-refractivity contribution in [2.45, 2.75) is 53.1 Å². The first kappa shape index (κ1) is 14.1. The van der Waals surface area contributed by atoms with Crippen molar-refractivity contribution in [1.29, 1.82) is 0 Å². The minimum atomic E-state index is -1.80. The van der Waals surface area contributed by atoms with Gasteiger partial charge in [-0.25, -0.2) is 0 Å². The van der Waals surface area contributed by atoms with Crippen LogP contribution in [0.2, 0.25) is 13.1 Å². The maximum atomic E-state index is 5.82. The molecule has 0 heterocycles. The van der Waals surface area contributed by atoms with E-state index in [-0.39, 0.29) is 0 Å². The van der Waals surface area contributed by atoms with Crippen molar-refractivity contribution in [2.75, 3.05) is 13.2 Å². The van der Waals surface area contributed by atoms with E-state index in [0.717, 1.165) is 32.0 Å². The minimum Gasteiger partial charge on any atom is -0.395 e. The van der Waals surface area contributed by atoms with Crippen molar-refractivity contribution in [1.82, 2.24) is 0 Å². The molecule has 0 spiro atoms. The van der Waals surface area contributed by atoms with Gasteiger partial charge in [0.2, 0.25) is 0 Å². The summed E-state index contributed by atoms with van der Waals surface area (Å²) in [6, 6.07) is 0. The Morgan fingerprint density at radius 3 is 2.14 bits per heavy atom. The van der Waals surface area contributed by atoms with Crippen LogP contribution in [0, 0.1) is 5.92 Å². The molecule has 14 heavy (non-hydrogen) atoms. The average molecular weight is 218 g/mol. The standard InChI is InChI=1S/C11H26O2Si/c1-6-9-12-14(4,5)13-10-8-11(3)7-2/h11H,6-10H2,1-5H3. The molecule has 3 heteroatoms. The van der Waals surface area contributed by atoms with Crippen LogP contribution in [0.5, 0.6) is 0 Å². The zero-order valence-electron chi connectivity index (χ0n) is 10.4. The summed E-state index contributed by atoms with van der Waals surface area (Å²) in [6.45, 7) is 12.6. The van der Waals surface area contributed by atoms with Crippen molar-refractivity contribution in [3.05, 3.63) is 0 Å². The molecule has 0 rings (SSSR count). The Kier molecular flexibility index (Phi) is 7.50. The number of hydrogen-bond donors (Lipinski definition) is 0. The third-order valence-corrected chi connectivity index (χ3v) is 4.21. The summed E-state index contributed by atoms with van der Waals surface area (Å²) in [5.41, 5.74) is 0. The fourth-order valence-corrected chi connectivity index (χ4v) is 2.49. The molecule has 1 atom stereocenters. The summed E-state index contributed by atoms with van der Waals surface area (Å²) < 4.78 is 11.5. The normalized spacial score (nSPS) is 14.4. The summed E-state index contributed by atoms with van der Waals surface area (Å²) >= 11 is 0. The highest BCUT2D eigenvalue weighted by Crippen LogP contribution is 2.11. The minimum absolute atomic E-state index is 0.769. The Labute approximate surface area is 90.2 Å². The molecule has 0 saturated heterocycles. The Morgan fingerprint density at radius 1 is 1.07 bits per heavy atom. The summed E-state index contributed by atoms with van der Waals surface area (Å²) in [6.07, 6.45) is 3.47. The number of rotatable bonds is 8. The highest BCUT2D eigenvalue weighted by molar-refractivity contribution is 6.64. The molecule has 0 aromatic carbocycles. The van der Waals surface area contributed by atoms with E-state index in [0.29, 0.717) is 0 Å². The van der Waals surface area contributed by atoms with Crippen LogP contribution < -0.4 is 0 Å². The SMILES string of the molecule is CCCO[Si](C)(C)OCCC(C)CC. The first-order valence-electron chi connectivity index (χ1n) is 5.79. The molecule has 0 aliphatic rings. The second kappa shape index (κ2) is 7.43. The topological polar surface area (TPSA) is 18.5 Å². The molecule has 0 radical (unpaired) electrons. The zero-order chi connectivity index (χ0) is 11.0. The molecule has 0 N–H and O–H groups in total. The van der Waals surface area contributed by atoms with Gasteiger partial charge < -0.3 is 8.85 Å². The predicted octanol–water partition coefficient (Wildman–Crippen LogP) is 3.57. The highest BCUT2D eigenvalue weighted by Gasteiger charge is 2.23. The molecule has 0 amide bonds. The molecule has 0 saturated carbocycles. The Morgan fingerprint density at radius 2 is 1.64 bits per heavy atom. The monoisotopic (exact) mass is 218 g/mol. The van der Waals surface area contributed by atoms with Crippen molar-refractivity contribution in [2.24, 2.45) is 5.92 Å². The van der Waals surface area contributed by atoms with Gasteiger partial charge in [-0.05, 0) is 31.9 Å². The van der Waals surface area contributed by atoms with Gasteiger partial charge in [0.05, 0.1) is 0 Å². The van der Waals surface area contributed by atoms with Crippen LogP contribution in [0.3, 0.4) is 0 Å². The molecular formula is C11H26O2Si. The van der Waals surface area contributed by atoms with Crippen molar-refractivity contribution in [3.63, 3.8) is 0 Å². The molecule has 0 aromatic rings. The fraction of sp³-hybridized carbons (Fsp3) is 1.00. The third kappa shape index (κ3) is 7.53. The Bertz CT molecular complexity index is 137. The fourth-order valence-electron chi connectivity index (χ4n) is 1.10. The van der Waals surface area contributed by atoms with Gasteiger partial charge in [0.25, 0.3) is 0 Å². The van der Waals surface area contributed by atoms with Crippen LogP contribution in [0.4, 0.5) is 0 Å². The average Bonchev–Trinajstić information content (AvgIpc) is 2.14. The molecular weight excluding hydrogens is 192 g/mol. The predicted molar refractivity (Wildman–Crippen MR) is 63.7 cm³/mol. The van der Waals surface area contributed by atoms with Crippen molar-refractivity contribution >= 4 is 8.56 Å². The van der Waals surface area contributed by atoms with E-state index in [1.165, 1.54) is 6.42 Å². The molecule has 0 aromatic heterocycles. The molecule has 86 valence electrons. The maximum absolute atomic E-state index is 5.82. The molecule has 0 bridgehead atoms. The Balaban J connectivity index is 3.54. The lowest BCUT2D eigenvalue weighted by Gasteiger charge is -2.23. The second-order valence-electron chi connectivity index (χ2n) is 4.40. The van der Waals surface area contributed by atoms with E-state index in [1.807, 2.05) is 0 Å². The molecule has 1 unspecified atom stereocenters. The van der Waals surface area contributed by atoms with Crippen LogP contribution in [0.15, 0.2) is 0 Å².